The molecule has 2 heterocycles. The van der Waals surface area contributed by atoms with E-state index in [0.29, 0.717) is 11.8 Å². The number of aromatic nitrogens is 1. The summed E-state index contributed by atoms with van der Waals surface area (Å²) in [4.78, 5) is 4.40. The second-order valence-electron chi connectivity index (χ2n) is 5.12. The first-order chi connectivity index (χ1) is 8.27. The Morgan fingerprint density at radius 3 is 3.18 bits per heavy atom. The largest absolute Gasteiger partial charge is 0.371 e. The van der Waals surface area contributed by atoms with Crippen LogP contribution in [0.15, 0.2) is 11.6 Å². The Bertz CT molecular complexity index is 313. The van der Waals surface area contributed by atoms with Crippen molar-refractivity contribution in [2.24, 2.45) is 11.8 Å². The van der Waals surface area contributed by atoms with Crippen molar-refractivity contribution in [3.8, 4) is 0 Å². The molecule has 1 aromatic heterocycles. The SMILES string of the molecule is CC(C)CNCC1CCCOC1c1nccs1. The van der Waals surface area contributed by atoms with Crippen molar-refractivity contribution in [2.45, 2.75) is 32.8 Å². The predicted octanol–water partition coefficient (Wildman–Crippen LogP) is 2.86. The van der Waals surface area contributed by atoms with Gasteiger partial charge in [0, 0.05) is 30.6 Å². The molecule has 1 aromatic rings. The van der Waals surface area contributed by atoms with Gasteiger partial charge in [-0.2, -0.15) is 0 Å². The zero-order valence-corrected chi connectivity index (χ0v) is 11.5. The molecule has 0 bridgehead atoms. The fourth-order valence-corrected chi connectivity index (χ4v) is 3.04. The lowest BCUT2D eigenvalue weighted by molar-refractivity contribution is -0.0279. The van der Waals surface area contributed by atoms with Crippen LogP contribution in [0.1, 0.15) is 37.8 Å². The smallest absolute Gasteiger partial charge is 0.122 e. The van der Waals surface area contributed by atoms with E-state index in [0.717, 1.165) is 24.7 Å². The maximum Gasteiger partial charge on any atom is 0.122 e. The zero-order chi connectivity index (χ0) is 12.1. The quantitative estimate of drug-likeness (QED) is 0.877. The number of nitrogens with zero attached hydrogens (tertiary/aromatic N) is 1. The molecule has 4 heteroatoms. The van der Waals surface area contributed by atoms with Crippen molar-refractivity contribution in [1.82, 2.24) is 10.3 Å². The molecule has 1 aliphatic rings. The van der Waals surface area contributed by atoms with Crippen LogP contribution < -0.4 is 5.32 Å². The van der Waals surface area contributed by atoms with Gasteiger partial charge in [0.05, 0.1) is 0 Å². The fraction of sp³-hybridized carbons (Fsp3) is 0.769. The molecule has 1 saturated heterocycles. The number of hydrogen-bond acceptors (Lipinski definition) is 4. The summed E-state index contributed by atoms with van der Waals surface area (Å²) >= 11 is 1.71. The van der Waals surface area contributed by atoms with E-state index in [2.05, 4.69) is 24.1 Å². The van der Waals surface area contributed by atoms with Gasteiger partial charge in [0.1, 0.15) is 11.1 Å². The lowest BCUT2D eigenvalue weighted by atomic mass is 9.94. The van der Waals surface area contributed by atoms with E-state index in [9.17, 15) is 0 Å². The molecule has 0 saturated carbocycles. The number of ether oxygens (including phenoxy) is 1. The number of thiazole rings is 1. The topological polar surface area (TPSA) is 34.1 Å². The Balaban J connectivity index is 1.89. The minimum absolute atomic E-state index is 0.211. The van der Waals surface area contributed by atoms with E-state index >= 15 is 0 Å². The van der Waals surface area contributed by atoms with Crippen LogP contribution in [0, 0.1) is 11.8 Å². The normalized spacial score (nSPS) is 25.4. The molecule has 0 radical (unpaired) electrons. The molecule has 3 nitrogen and oxygen atoms in total. The van der Waals surface area contributed by atoms with E-state index < -0.39 is 0 Å². The monoisotopic (exact) mass is 254 g/mol. The molecule has 2 atom stereocenters. The van der Waals surface area contributed by atoms with Gasteiger partial charge < -0.3 is 10.1 Å². The lowest BCUT2D eigenvalue weighted by Crippen LogP contribution is -2.33. The van der Waals surface area contributed by atoms with Crippen LogP contribution in [0.25, 0.3) is 0 Å². The average molecular weight is 254 g/mol. The summed E-state index contributed by atoms with van der Waals surface area (Å²) in [6.45, 7) is 7.49. The number of nitrogens with one attached hydrogen (secondary N) is 1. The summed E-state index contributed by atoms with van der Waals surface area (Å²) in [6.07, 6.45) is 4.50. The van der Waals surface area contributed by atoms with Crippen molar-refractivity contribution < 1.29 is 4.74 Å². The van der Waals surface area contributed by atoms with Gasteiger partial charge in [-0.15, -0.1) is 11.3 Å². The van der Waals surface area contributed by atoms with Crippen LogP contribution >= 0.6 is 11.3 Å². The molecule has 96 valence electrons. The molecule has 0 aliphatic carbocycles. The summed E-state index contributed by atoms with van der Waals surface area (Å²) < 4.78 is 5.90. The highest BCUT2D eigenvalue weighted by molar-refractivity contribution is 7.09. The van der Waals surface area contributed by atoms with Crippen LogP contribution in [0.5, 0.6) is 0 Å². The van der Waals surface area contributed by atoms with Crippen LogP contribution in [-0.2, 0) is 4.74 Å². The molecule has 2 rings (SSSR count). The van der Waals surface area contributed by atoms with Crippen molar-refractivity contribution in [1.29, 1.82) is 0 Å². The molecule has 0 spiro atoms. The highest BCUT2D eigenvalue weighted by atomic mass is 32.1. The molecular formula is C13H22N2OS. The first-order valence-electron chi connectivity index (χ1n) is 6.49. The first kappa shape index (κ1) is 13.0. The Morgan fingerprint density at radius 2 is 2.47 bits per heavy atom. The Labute approximate surface area is 108 Å². The Morgan fingerprint density at radius 1 is 1.59 bits per heavy atom. The molecule has 0 amide bonds. The van der Waals surface area contributed by atoms with E-state index in [4.69, 9.17) is 4.74 Å². The van der Waals surface area contributed by atoms with Crippen molar-refractivity contribution >= 4 is 11.3 Å². The van der Waals surface area contributed by atoms with Crippen LogP contribution in [0.2, 0.25) is 0 Å². The molecule has 17 heavy (non-hydrogen) atoms. The van der Waals surface area contributed by atoms with Gasteiger partial charge in [-0.1, -0.05) is 13.8 Å². The Kier molecular flexibility index (Phi) is 4.95. The summed E-state index contributed by atoms with van der Waals surface area (Å²) in [5.41, 5.74) is 0. The van der Waals surface area contributed by atoms with E-state index in [1.165, 1.54) is 12.8 Å². The van der Waals surface area contributed by atoms with Gasteiger partial charge in [0.2, 0.25) is 0 Å². The van der Waals surface area contributed by atoms with Crippen molar-refractivity contribution in [3.05, 3.63) is 16.6 Å². The van der Waals surface area contributed by atoms with E-state index in [1.807, 2.05) is 11.6 Å². The zero-order valence-electron chi connectivity index (χ0n) is 10.7. The minimum Gasteiger partial charge on any atom is -0.371 e. The average Bonchev–Trinajstić information content (AvgIpc) is 2.82. The lowest BCUT2D eigenvalue weighted by Gasteiger charge is -2.30. The molecule has 1 aliphatic heterocycles. The predicted molar refractivity (Wildman–Crippen MR) is 71.2 cm³/mol. The number of rotatable bonds is 5. The molecule has 1 N–H and O–H groups in total. The maximum atomic E-state index is 5.90. The van der Waals surface area contributed by atoms with Gasteiger partial charge in [-0.25, -0.2) is 4.98 Å². The fourth-order valence-electron chi connectivity index (χ4n) is 2.26. The molecule has 0 aromatic carbocycles. The maximum absolute atomic E-state index is 5.90. The van der Waals surface area contributed by atoms with Crippen LogP contribution in [0.3, 0.4) is 0 Å². The van der Waals surface area contributed by atoms with Crippen molar-refractivity contribution in [2.75, 3.05) is 19.7 Å². The highest BCUT2D eigenvalue weighted by Gasteiger charge is 2.28. The van der Waals surface area contributed by atoms with Gasteiger partial charge in [0.15, 0.2) is 0 Å². The van der Waals surface area contributed by atoms with Gasteiger partial charge >= 0.3 is 0 Å². The first-order valence-corrected chi connectivity index (χ1v) is 7.37. The summed E-state index contributed by atoms with van der Waals surface area (Å²) in [5.74, 6) is 1.28. The second-order valence-corrected chi connectivity index (χ2v) is 6.04. The van der Waals surface area contributed by atoms with Gasteiger partial charge in [-0.3, -0.25) is 0 Å². The Hall–Kier alpha value is -0.450. The third-order valence-electron chi connectivity index (χ3n) is 3.10. The third kappa shape index (κ3) is 3.76. The minimum atomic E-state index is 0.211. The summed E-state index contributed by atoms with van der Waals surface area (Å²) in [6, 6.07) is 0. The summed E-state index contributed by atoms with van der Waals surface area (Å²) in [5, 5.41) is 6.72. The van der Waals surface area contributed by atoms with E-state index in [1.54, 1.807) is 11.3 Å². The molecule has 1 fully saturated rings. The highest BCUT2D eigenvalue weighted by Crippen LogP contribution is 2.34. The van der Waals surface area contributed by atoms with E-state index in [-0.39, 0.29) is 6.10 Å². The number of hydrogen-bond donors (Lipinski definition) is 1. The molecular weight excluding hydrogens is 232 g/mol. The summed E-state index contributed by atoms with van der Waals surface area (Å²) in [7, 11) is 0. The third-order valence-corrected chi connectivity index (χ3v) is 3.94. The standard InChI is InChI=1S/C13H22N2OS/c1-10(2)8-14-9-11-4-3-6-16-12(11)13-15-5-7-17-13/h5,7,10-12,14H,3-4,6,8-9H2,1-2H3. The van der Waals surface area contributed by atoms with Crippen LogP contribution in [0.4, 0.5) is 0 Å². The van der Waals surface area contributed by atoms with Crippen molar-refractivity contribution in [3.63, 3.8) is 0 Å². The van der Waals surface area contributed by atoms with Gasteiger partial charge in [-0.05, 0) is 25.3 Å². The van der Waals surface area contributed by atoms with Gasteiger partial charge in [0.25, 0.3) is 0 Å². The van der Waals surface area contributed by atoms with Crippen LogP contribution in [-0.4, -0.2) is 24.7 Å². The second kappa shape index (κ2) is 6.47. The molecule has 2 unspecified atom stereocenters.